The second-order valence-electron chi connectivity index (χ2n) is 14.0. The Morgan fingerprint density at radius 3 is 1.60 bits per heavy atom. The molecule has 1 N–H and O–H groups in total. The van der Waals surface area contributed by atoms with Crippen molar-refractivity contribution in [3.8, 4) is 16.8 Å². The highest BCUT2D eigenvalue weighted by molar-refractivity contribution is 6.10. The minimum Gasteiger partial charge on any atom is -0.355 e. The SMILES string of the molecule is CCCc1ccc(-c2ccc(Nc3cccc(-n4c5ccc(C(C)(C)C)cc5c5cc(C(C)(C)C)ccc54)c3)cc2)cc1. The summed E-state index contributed by atoms with van der Waals surface area (Å²) in [7, 11) is 0. The van der Waals surface area contributed by atoms with Crippen molar-refractivity contribution in [3.05, 3.63) is 126 Å². The van der Waals surface area contributed by atoms with Gasteiger partial charge in [-0.25, -0.2) is 0 Å². The van der Waals surface area contributed by atoms with Gasteiger partial charge < -0.3 is 9.88 Å². The first-order chi connectivity index (χ1) is 20.5. The van der Waals surface area contributed by atoms with Gasteiger partial charge in [0.15, 0.2) is 0 Å². The van der Waals surface area contributed by atoms with Gasteiger partial charge in [-0.3, -0.25) is 0 Å². The van der Waals surface area contributed by atoms with Crippen molar-refractivity contribution in [3.63, 3.8) is 0 Å². The Hall–Kier alpha value is -4.30. The van der Waals surface area contributed by atoms with Gasteiger partial charge in [0.05, 0.1) is 11.0 Å². The van der Waals surface area contributed by atoms with Crippen molar-refractivity contribution >= 4 is 33.2 Å². The summed E-state index contributed by atoms with van der Waals surface area (Å²) in [6, 6.07) is 40.5. The fraction of sp³-hybridized carbons (Fsp3) is 0.268. The molecule has 2 heteroatoms. The van der Waals surface area contributed by atoms with Crippen LogP contribution >= 0.6 is 0 Å². The van der Waals surface area contributed by atoms with E-state index in [2.05, 4.69) is 168 Å². The third kappa shape index (κ3) is 5.84. The lowest BCUT2D eigenvalue weighted by molar-refractivity contribution is 0.590. The Morgan fingerprint density at radius 2 is 1.09 bits per heavy atom. The third-order valence-corrected chi connectivity index (χ3v) is 8.60. The normalized spacial score (nSPS) is 12.3. The van der Waals surface area contributed by atoms with E-state index >= 15 is 0 Å². The maximum Gasteiger partial charge on any atom is 0.0541 e. The molecule has 0 saturated carbocycles. The monoisotopic (exact) mass is 564 g/mol. The zero-order valence-corrected chi connectivity index (χ0v) is 26.8. The van der Waals surface area contributed by atoms with Gasteiger partial charge >= 0.3 is 0 Å². The van der Waals surface area contributed by atoms with Gasteiger partial charge in [0, 0.05) is 27.8 Å². The molecule has 6 aromatic rings. The molecule has 1 aromatic heterocycles. The summed E-state index contributed by atoms with van der Waals surface area (Å²) in [5.41, 5.74) is 12.5. The summed E-state index contributed by atoms with van der Waals surface area (Å²) in [5.74, 6) is 0. The van der Waals surface area contributed by atoms with E-state index < -0.39 is 0 Å². The van der Waals surface area contributed by atoms with Gasteiger partial charge in [0.2, 0.25) is 0 Å². The van der Waals surface area contributed by atoms with Crippen LogP contribution in [0.15, 0.2) is 109 Å². The second-order valence-corrected chi connectivity index (χ2v) is 14.0. The standard InChI is InChI=1S/C41H44N2/c1-8-10-28-13-15-29(16-14-28)30-17-21-33(22-18-30)42-34-11-9-12-35(27-34)43-38-23-19-31(40(2,3)4)25-36(38)37-26-32(41(5,6)7)20-24-39(37)43/h9,11-27,42H,8,10H2,1-7H3. The highest BCUT2D eigenvalue weighted by Gasteiger charge is 2.20. The quantitative estimate of drug-likeness (QED) is 0.213. The van der Waals surface area contributed by atoms with Crippen molar-refractivity contribution in [1.29, 1.82) is 0 Å². The predicted molar refractivity (Wildman–Crippen MR) is 187 cm³/mol. The van der Waals surface area contributed by atoms with Crippen molar-refractivity contribution < 1.29 is 0 Å². The van der Waals surface area contributed by atoms with Crippen LogP contribution in [-0.4, -0.2) is 4.57 Å². The first-order valence-corrected chi connectivity index (χ1v) is 15.7. The molecule has 0 aliphatic carbocycles. The maximum atomic E-state index is 3.65. The lowest BCUT2D eigenvalue weighted by Gasteiger charge is -2.19. The number of fused-ring (bicyclic) bond motifs is 3. The van der Waals surface area contributed by atoms with Crippen LogP contribution in [0.1, 0.15) is 71.6 Å². The summed E-state index contributed by atoms with van der Waals surface area (Å²) in [4.78, 5) is 0. The average molecular weight is 565 g/mol. The van der Waals surface area contributed by atoms with E-state index in [0.717, 1.165) is 23.5 Å². The molecule has 0 atom stereocenters. The molecule has 0 spiro atoms. The first kappa shape index (κ1) is 28.8. The van der Waals surface area contributed by atoms with Crippen LogP contribution in [0.4, 0.5) is 11.4 Å². The van der Waals surface area contributed by atoms with E-state index in [-0.39, 0.29) is 10.8 Å². The molecule has 0 aliphatic heterocycles. The molecule has 2 nitrogen and oxygen atoms in total. The van der Waals surface area contributed by atoms with Crippen LogP contribution < -0.4 is 5.32 Å². The topological polar surface area (TPSA) is 17.0 Å². The first-order valence-electron chi connectivity index (χ1n) is 15.7. The lowest BCUT2D eigenvalue weighted by Crippen LogP contribution is -2.10. The minimum absolute atomic E-state index is 0.0855. The zero-order chi connectivity index (χ0) is 30.4. The molecule has 43 heavy (non-hydrogen) atoms. The summed E-state index contributed by atoms with van der Waals surface area (Å²) >= 11 is 0. The van der Waals surface area contributed by atoms with Crippen LogP contribution in [0.2, 0.25) is 0 Å². The van der Waals surface area contributed by atoms with Gasteiger partial charge in [-0.05, 0) is 99.7 Å². The van der Waals surface area contributed by atoms with E-state index in [0.29, 0.717) is 0 Å². The number of aromatic nitrogens is 1. The van der Waals surface area contributed by atoms with E-state index in [4.69, 9.17) is 0 Å². The largest absolute Gasteiger partial charge is 0.355 e. The number of benzene rings is 5. The third-order valence-electron chi connectivity index (χ3n) is 8.60. The van der Waals surface area contributed by atoms with Crippen molar-refractivity contribution in [1.82, 2.24) is 4.57 Å². The van der Waals surface area contributed by atoms with Gasteiger partial charge in [-0.2, -0.15) is 0 Å². The van der Waals surface area contributed by atoms with Crippen LogP contribution in [0.25, 0.3) is 38.6 Å². The van der Waals surface area contributed by atoms with Gasteiger partial charge in [-0.15, -0.1) is 0 Å². The van der Waals surface area contributed by atoms with Crippen molar-refractivity contribution in [2.24, 2.45) is 0 Å². The molecule has 6 rings (SSSR count). The van der Waals surface area contributed by atoms with Crippen LogP contribution in [0.5, 0.6) is 0 Å². The molecule has 0 aliphatic rings. The molecule has 218 valence electrons. The Labute approximate surface area is 257 Å². The molecule has 0 saturated heterocycles. The molecule has 0 unspecified atom stereocenters. The Morgan fingerprint density at radius 1 is 0.558 bits per heavy atom. The zero-order valence-electron chi connectivity index (χ0n) is 26.8. The molecular weight excluding hydrogens is 520 g/mol. The molecule has 5 aromatic carbocycles. The molecular formula is C41H44N2. The summed E-state index contributed by atoms with van der Waals surface area (Å²) in [6.07, 6.45) is 2.31. The summed E-state index contributed by atoms with van der Waals surface area (Å²) in [6.45, 7) is 16.0. The second kappa shape index (κ2) is 11.1. The number of hydrogen-bond donors (Lipinski definition) is 1. The van der Waals surface area contributed by atoms with Crippen molar-refractivity contribution in [2.45, 2.75) is 72.1 Å². The average Bonchev–Trinajstić information content (AvgIpc) is 3.31. The summed E-state index contributed by atoms with van der Waals surface area (Å²) in [5, 5.41) is 6.27. The van der Waals surface area contributed by atoms with Crippen LogP contribution in [0.3, 0.4) is 0 Å². The minimum atomic E-state index is 0.0855. The number of rotatable bonds is 6. The summed E-state index contributed by atoms with van der Waals surface area (Å²) < 4.78 is 2.42. The number of anilines is 2. The Kier molecular flexibility index (Phi) is 7.42. The number of aryl methyl sites for hydroxylation is 1. The highest BCUT2D eigenvalue weighted by atomic mass is 15.0. The number of hydrogen-bond acceptors (Lipinski definition) is 1. The molecule has 0 radical (unpaired) electrons. The van der Waals surface area contributed by atoms with E-state index in [1.807, 2.05) is 0 Å². The number of nitrogens with zero attached hydrogens (tertiary/aromatic N) is 1. The number of nitrogens with one attached hydrogen (secondary N) is 1. The Bertz CT molecular complexity index is 1820. The molecule has 0 bridgehead atoms. The van der Waals surface area contributed by atoms with E-state index in [1.54, 1.807) is 0 Å². The van der Waals surface area contributed by atoms with E-state index in [9.17, 15) is 0 Å². The fourth-order valence-electron chi connectivity index (χ4n) is 6.02. The smallest absolute Gasteiger partial charge is 0.0541 e. The predicted octanol–water partition coefficient (Wildman–Crippen LogP) is 11.7. The van der Waals surface area contributed by atoms with Crippen molar-refractivity contribution in [2.75, 3.05) is 5.32 Å². The van der Waals surface area contributed by atoms with E-state index in [1.165, 1.54) is 56.0 Å². The van der Waals surface area contributed by atoms with Gasteiger partial charge in [0.1, 0.15) is 0 Å². The van der Waals surface area contributed by atoms with Gasteiger partial charge in [0.25, 0.3) is 0 Å². The highest BCUT2D eigenvalue weighted by Crippen LogP contribution is 2.38. The fourth-order valence-corrected chi connectivity index (χ4v) is 6.02. The van der Waals surface area contributed by atoms with Gasteiger partial charge in [-0.1, -0.05) is 109 Å². The molecule has 0 amide bonds. The van der Waals surface area contributed by atoms with Crippen LogP contribution in [0, 0.1) is 0 Å². The molecule has 0 fully saturated rings. The molecule has 1 heterocycles. The Balaban J connectivity index is 1.37. The lowest BCUT2D eigenvalue weighted by atomic mass is 9.85. The van der Waals surface area contributed by atoms with Crippen LogP contribution in [-0.2, 0) is 17.3 Å². The maximum absolute atomic E-state index is 3.65.